The Hall–Kier alpha value is -0.800. The van der Waals surface area contributed by atoms with E-state index < -0.39 is 0 Å². The monoisotopic (exact) mass is 183 g/mol. The largest absolute Gasteiger partial charge is 0.468 e. The van der Waals surface area contributed by atoms with Crippen molar-refractivity contribution in [3.05, 3.63) is 24.2 Å². The zero-order chi connectivity index (χ0) is 9.68. The van der Waals surface area contributed by atoms with Gasteiger partial charge in [-0.1, -0.05) is 6.92 Å². The maximum atomic E-state index is 8.86. The van der Waals surface area contributed by atoms with Gasteiger partial charge in [-0.05, 0) is 25.1 Å². The second-order valence-electron chi connectivity index (χ2n) is 3.56. The van der Waals surface area contributed by atoms with E-state index in [9.17, 15) is 0 Å². The van der Waals surface area contributed by atoms with Gasteiger partial charge in [-0.15, -0.1) is 0 Å². The van der Waals surface area contributed by atoms with Crippen molar-refractivity contribution in [2.24, 2.45) is 5.92 Å². The van der Waals surface area contributed by atoms with Crippen molar-refractivity contribution in [3.63, 3.8) is 0 Å². The molecule has 0 aliphatic carbocycles. The Bertz CT molecular complexity index is 221. The Balaban J connectivity index is 2.29. The third kappa shape index (κ3) is 3.61. The number of rotatable bonds is 5. The highest BCUT2D eigenvalue weighted by Crippen LogP contribution is 2.05. The lowest BCUT2D eigenvalue weighted by atomic mass is 10.2. The van der Waals surface area contributed by atoms with Crippen LogP contribution >= 0.6 is 0 Å². The highest BCUT2D eigenvalue weighted by molar-refractivity contribution is 4.97. The quantitative estimate of drug-likeness (QED) is 0.748. The number of aliphatic hydroxyl groups excluding tert-OH is 1. The molecule has 1 atom stereocenters. The first-order chi connectivity index (χ1) is 6.22. The Morgan fingerprint density at radius 1 is 1.62 bits per heavy atom. The predicted molar refractivity (Wildman–Crippen MR) is 51.3 cm³/mol. The first-order valence-electron chi connectivity index (χ1n) is 4.54. The topological polar surface area (TPSA) is 36.6 Å². The average molecular weight is 183 g/mol. The molecule has 74 valence electrons. The molecule has 0 saturated heterocycles. The van der Waals surface area contributed by atoms with Crippen LogP contribution in [0.5, 0.6) is 0 Å². The third-order valence-corrected chi connectivity index (χ3v) is 1.94. The maximum absolute atomic E-state index is 8.86. The summed E-state index contributed by atoms with van der Waals surface area (Å²) in [5, 5.41) is 8.86. The molecule has 0 radical (unpaired) electrons. The van der Waals surface area contributed by atoms with E-state index in [2.05, 4.69) is 4.90 Å². The molecule has 0 aliphatic rings. The second kappa shape index (κ2) is 5.04. The van der Waals surface area contributed by atoms with Gasteiger partial charge in [-0.25, -0.2) is 0 Å². The van der Waals surface area contributed by atoms with Gasteiger partial charge in [0.05, 0.1) is 12.8 Å². The predicted octanol–water partition coefficient (Wildman–Crippen LogP) is 1.34. The Morgan fingerprint density at radius 2 is 2.38 bits per heavy atom. The van der Waals surface area contributed by atoms with Crippen LogP contribution in [0.1, 0.15) is 12.7 Å². The van der Waals surface area contributed by atoms with Gasteiger partial charge in [-0.3, -0.25) is 4.90 Å². The smallest absolute Gasteiger partial charge is 0.117 e. The Kier molecular flexibility index (Phi) is 3.99. The summed E-state index contributed by atoms with van der Waals surface area (Å²) in [6.45, 7) is 3.95. The number of furan rings is 1. The lowest BCUT2D eigenvalue weighted by molar-refractivity contribution is 0.182. The van der Waals surface area contributed by atoms with Crippen molar-refractivity contribution >= 4 is 0 Å². The van der Waals surface area contributed by atoms with Crippen LogP contribution < -0.4 is 0 Å². The summed E-state index contributed by atoms with van der Waals surface area (Å²) in [4.78, 5) is 2.14. The van der Waals surface area contributed by atoms with Crippen molar-refractivity contribution in [1.29, 1.82) is 0 Å². The maximum Gasteiger partial charge on any atom is 0.117 e. The molecule has 0 aliphatic heterocycles. The zero-order valence-corrected chi connectivity index (χ0v) is 8.23. The molecule has 0 aromatic carbocycles. The van der Waals surface area contributed by atoms with E-state index >= 15 is 0 Å². The minimum atomic E-state index is 0.239. The van der Waals surface area contributed by atoms with E-state index in [1.807, 2.05) is 26.1 Å². The van der Waals surface area contributed by atoms with E-state index in [0.717, 1.165) is 18.8 Å². The van der Waals surface area contributed by atoms with Gasteiger partial charge in [0.25, 0.3) is 0 Å². The van der Waals surface area contributed by atoms with Gasteiger partial charge in [0, 0.05) is 13.2 Å². The summed E-state index contributed by atoms with van der Waals surface area (Å²) in [6, 6.07) is 3.85. The van der Waals surface area contributed by atoms with Crippen LogP contribution in [-0.4, -0.2) is 30.2 Å². The molecule has 3 nitrogen and oxygen atoms in total. The number of nitrogens with zero attached hydrogens (tertiary/aromatic N) is 1. The van der Waals surface area contributed by atoms with E-state index in [4.69, 9.17) is 9.52 Å². The second-order valence-corrected chi connectivity index (χ2v) is 3.56. The molecular formula is C10H17NO2. The average Bonchev–Trinajstić information content (AvgIpc) is 2.56. The summed E-state index contributed by atoms with van der Waals surface area (Å²) in [5.41, 5.74) is 0. The first-order valence-corrected chi connectivity index (χ1v) is 4.54. The summed E-state index contributed by atoms with van der Waals surface area (Å²) in [7, 11) is 2.02. The van der Waals surface area contributed by atoms with Crippen molar-refractivity contribution in [1.82, 2.24) is 4.90 Å². The number of hydrogen-bond acceptors (Lipinski definition) is 3. The molecular weight excluding hydrogens is 166 g/mol. The summed E-state index contributed by atoms with van der Waals surface area (Å²) < 4.78 is 5.22. The van der Waals surface area contributed by atoms with Crippen LogP contribution in [-0.2, 0) is 6.54 Å². The molecule has 0 spiro atoms. The molecule has 1 aromatic heterocycles. The molecule has 1 aromatic rings. The Labute approximate surface area is 79.0 Å². The molecule has 13 heavy (non-hydrogen) atoms. The van der Waals surface area contributed by atoms with Crippen molar-refractivity contribution < 1.29 is 9.52 Å². The minimum Gasteiger partial charge on any atom is -0.468 e. The highest BCUT2D eigenvalue weighted by Gasteiger charge is 2.06. The lowest BCUT2D eigenvalue weighted by Gasteiger charge is -2.18. The van der Waals surface area contributed by atoms with Crippen LogP contribution in [0.3, 0.4) is 0 Å². The SMILES string of the molecule is CC(CO)CN(C)Cc1ccco1. The fraction of sp³-hybridized carbons (Fsp3) is 0.600. The van der Waals surface area contributed by atoms with Gasteiger partial charge in [0.15, 0.2) is 0 Å². The number of hydrogen-bond donors (Lipinski definition) is 1. The molecule has 0 saturated carbocycles. The van der Waals surface area contributed by atoms with Gasteiger partial charge < -0.3 is 9.52 Å². The normalized spacial score (nSPS) is 13.5. The molecule has 3 heteroatoms. The van der Waals surface area contributed by atoms with Crippen LogP contribution in [0, 0.1) is 5.92 Å². The summed E-state index contributed by atoms with van der Waals surface area (Å²) >= 11 is 0. The number of aliphatic hydroxyl groups is 1. The molecule has 1 unspecified atom stereocenters. The van der Waals surface area contributed by atoms with Gasteiger partial charge >= 0.3 is 0 Å². The van der Waals surface area contributed by atoms with Crippen molar-refractivity contribution in [3.8, 4) is 0 Å². The summed E-state index contributed by atoms with van der Waals surface area (Å²) in [5.74, 6) is 1.28. The molecule has 0 fully saturated rings. The van der Waals surface area contributed by atoms with Crippen molar-refractivity contribution in [2.45, 2.75) is 13.5 Å². The first kappa shape index (κ1) is 10.3. The fourth-order valence-electron chi connectivity index (χ4n) is 1.32. The lowest BCUT2D eigenvalue weighted by Crippen LogP contribution is -2.25. The third-order valence-electron chi connectivity index (χ3n) is 1.94. The van der Waals surface area contributed by atoms with Crippen LogP contribution in [0.4, 0.5) is 0 Å². The van der Waals surface area contributed by atoms with E-state index in [1.165, 1.54) is 0 Å². The highest BCUT2D eigenvalue weighted by atomic mass is 16.3. The van der Waals surface area contributed by atoms with Gasteiger partial charge in [0.2, 0.25) is 0 Å². The van der Waals surface area contributed by atoms with Gasteiger partial charge in [-0.2, -0.15) is 0 Å². The zero-order valence-electron chi connectivity index (χ0n) is 8.23. The molecule has 1 rings (SSSR count). The van der Waals surface area contributed by atoms with E-state index in [-0.39, 0.29) is 6.61 Å². The molecule has 1 N–H and O–H groups in total. The fourth-order valence-corrected chi connectivity index (χ4v) is 1.32. The molecule has 0 bridgehead atoms. The molecule has 0 amide bonds. The van der Waals surface area contributed by atoms with Crippen molar-refractivity contribution in [2.75, 3.05) is 20.2 Å². The summed E-state index contributed by atoms with van der Waals surface area (Å²) in [6.07, 6.45) is 1.68. The standard InChI is InChI=1S/C10H17NO2/c1-9(8-12)6-11(2)7-10-4-3-5-13-10/h3-5,9,12H,6-8H2,1-2H3. The van der Waals surface area contributed by atoms with E-state index in [1.54, 1.807) is 6.26 Å². The van der Waals surface area contributed by atoms with Crippen LogP contribution in [0.15, 0.2) is 22.8 Å². The van der Waals surface area contributed by atoms with Crippen LogP contribution in [0.25, 0.3) is 0 Å². The van der Waals surface area contributed by atoms with Crippen LogP contribution in [0.2, 0.25) is 0 Å². The molecule has 1 heterocycles. The Morgan fingerprint density at radius 3 is 2.92 bits per heavy atom. The van der Waals surface area contributed by atoms with E-state index in [0.29, 0.717) is 5.92 Å². The minimum absolute atomic E-state index is 0.239. The van der Waals surface area contributed by atoms with Gasteiger partial charge in [0.1, 0.15) is 5.76 Å².